The Balaban J connectivity index is 0. The molecule has 0 bridgehead atoms. The van der Waals surface area contributed by atoms with E-state index in [0.29, 0.717) is 0 Å². The highest BCUT2D eigenvalue weighted by molar-refractivity contribution is 6.13. The summed E-state index contributed by atoms with van der Waals surface area (Å²) >= 11 is 0. The first-order valence-electron chi connectivity index (χ1n) is 1.62. The molecule has 2 N–H and O–H groups in total. The molecule has 0 spiro atoms. The van der Waals surface area contributed by atoms with Crippen LogP contribution in [0, 0.1) is 0 Å². The molecule has 38 valence electrons. The van der Waals surface area contributed by atoms with E-state index >= 15 is 0 Å². The van der Waals surface area contributed by atoms with Crippen LogP contribution in [-0.2, 0) is 0 Å². The smallest absolute Gasteiger partial charge is 0.299 e. The Morgan fingerprint density at radius 2 is 1.67 bits per heavy atom. The molecule has 6 heavy (non-hydrogen) atoms. The van der Waals surface area contributed by atoms with Gasteiger partial charge in [-0.25, -0.2) is 0 Å². The third-order valence-corrected chi connectivity index (χ3v) is 0. The Hall–Kier alpha value is -0.123. The van der Waals surface area contributed by atoms with Gasteiger partial charge in [0.15, 0.2) is 0 Å². The second-order valence-corrected chi connectivity index (χ2v) is 0.833. The Bertz CT molecular complexity index is 22.8. The maximum Gasteiger partial charge on any atom is 0.299 e. The van der Waals surface area contributed by atoms with Crippen LogP contribution < -0.4 is 0 Å². The summed E-state index contributed by atoms with van der Waals surface area (Å²) in [6, 6.07) is 0. The zero-order valence-electron chi connectivity index (χ0n) is 3.89. The molecule has 0 aliphatic heterocycles. The van der Waals surface area contributed by atoms with E-state index in [9.17, 15) is 0 Å². The molecular formula is C3H10O2Si. The van der Waals surface area contributed by atoms with Crippen molar-refractivity contribution in [2.24, 2.45) is 0 Å². The van der Waals surface area contributed by atoms with E-state index in [-0.39, 0.29) is 0 Å². The van der Waals surface area contributed by atoms with Crippen molar-refractivity contribution < 1.29 is 9.59 Å². The van der Waals surface area contributed by atoms with Crippen LogP contribution in [0.3, 0.4) is 0 Å². The maximum atomic E-state index is 7.26. The Morgan fingerprint density at radius 3 is 1.67 bits per heavy atom. The van der Waals surface area contributed by atoms with Crippen molar-refractivity contribution >= 4 is 10.0 Å². The standard InChI is InChI=1S/C3H6.H4O2Si/c2*1-3-2/h3H,1H2,2H3;1-2H,3H2. The van der Waals surface area contributed by atoms with E-state index in [4.69, 9.17) is 9.59 Å². The minimum atomic E-state index is -1.58. The highest BCUT2D eigenvalue weighted by Gasteiger charge is 1.40. The van der Waals surface area contributed by atoms with Crippen LogP contribution in [0.4, 0.5) is 0 Å². The number of hydrogen-bond donors (Lipinski definition) is 2. The molecule has 0 aromatic carbocycles. The van der Waals surface area contributed by atoms with Crippen LogP contribution >= 0.6 is 0 Å². The Morgan fingerprint density at radius 1 is 1.67 bits per heavy atom. The summed E-state index contributed by atoms with van der Waals surface area (Å²) in [6.45, 7) is 5.25. The Labute approximate surface area is 40.2 Å². The molecule has 0 atom stereocenters. The fourth-order valence-electron chi connectivity index (χ4n) is 0. The first-order chi connectivity index (χ1) is 2.83. The van der Waals surface area contributed by atoms with Gasteiger partial charge in [-0.15, -0.1) is 6.58 Å². The molecule has 0 aliphatic carbocycles. The van der Waals surface area contributed by atoms with Gasteiger partial charge >= 0.3 is 0 Å². The van der Waals surface area contributed by atoms with Crippen LogP contribution in [0.25, 0.3) is 0 Å². The van der Waals surface area contributed by atoms with Gasteiger partial charge < -0.3 is 9.59 Å². The largest absolute Gasteiger partial charge is 0.415 e. The van der Waals surface area contributed by atoms with Gasteiger partial charge in [-0.2, -0.15) is 0 Å². The molecule has 0 unspecified atom stereocenters. The fraction of sp³-hybridized carbons (Fsp3) is 0.333. The van der Waals surface area contributed by atoms with Gasteiger partial charge in [0.25, 0.3) is 10.0 Å². The Kier molecular flexibility index (Phi) is 32.3. The predicted molar refractivity (Wildman–Crippen MR) is 28.9 cm³/mol. The van der Waals surface area contributed by atoms with Gasteiger partial charge in [-0.05, 0) is 6.92 Å². The molecule has 0 fully saturated rings. The van der Waals surface area contributed by atoms with Crippen molar-refractivity contribution in [1.82, 2.24) is 0 Å². The van der Waals surface area contributed by atoms with Gasteiger partial charge in [-0.1, -0.05) is 6.08 Å². The molecule has 0 aliphatic rings. The monoisotopic (exact) mass is 106 g/mol. The molecule has 2 nitrogen and oxygen atoms in total. The predicted octanol–water partition coefficient (Wildman–Crippen LogP) is -0.838. The zero-order chi connectivity index (χ0) is 5.41. The van der Waals surface area contributed by atoms with Gasteiger partial charge in [0.1, 0.15) is 0 Å². The van der Waals surface area contributed by atoms with E-state index in [0.717, 1.165) is 0 Å². The maximum absolute atomic E-state index is 7.26. The summed E-state index contributed by atoms with van der Waals surface area (Å²) in [5.74, 6) is 0. The summed E-state index contributed by atoms with van der Waals surface area (Å²) in [7, 11) is -1.58. The lowest BCUT2D eigenvalue weighted by atomic mass is 10.8. The van der Waals surface area contributed by atoms with E-state index in [1.807, 2.05) is 6.92 Å². The van der Waals surface area contributed by atoms with Crippen LogP contribution in [0.5, 0.6) is 0 Å². The molecular weight excluding hydrogens is 96.1 g/mol. The fourth-order valence-corrected chi connectivity index (χ4v) is 0. The highest BCUT2D eigenvalue weighted by Crippen LogP contribution is 1.38. The van der Waals surface area contributed by atoms with Crippen molar-refractivity contribution in [2.75, 3.05) is 0 Å². The SMILES string of the molecule is C=CC.O[SiH2]O. The summed E-state index contributed by atoms with van der Waals surface area (Å²) in [5, 5.41) is 0. The molecule has 0 radical (unpaired) electrons. The summed E-state index contributed by atoms with van der Waals surface area (Å²) < 4.78 is 0. The summed E-state index contributed by atoms with van der Waals surface area (Å²) in [4.78, 5) is 14.5. The van der Waals surface area contributed by atoms with Crippen molar-refractivity contribution in [3.63, 3.8) is 0 Å². The van der Waals surface area contributed by atoms with E-state index < -0.39 is 10.0 Å². The third-order valence-electron chi connectivity index (χ3n) is 0. The normalized spacial score (nSPS) is 5.17. The zero-order valence-corrected chi connectivity index (χ0v) is 5.30. The molecule has 0 amide bonds. The minimum Gasteiger partial charge on any atom is -0.415 e. The van der Waals surface area contributed by atoms with E-state index in [2.05, 4.69) is 6.58 Å². The van der Waals surface area contributed by atoms with Crippen LogP contribution in [0.2, 0.25) is 0 Å². The average Bonchev–Trinajstić information content (AvgIpc) is 1.39. The molecule has 0 aromatic heterocycles. The molecule has 0 saturated heterocycles. The van der Waals surface area contributed by atoms with Crippen LogP contribution in [-0.4, -0.2) is 19.6 Å². The highest BCUT2D eigenvalue weighted by atomic mass is 28.2. The van der Waals surface area contributed by atoms with Gasteiger partial charge in [0.05, 0.1) is 0 Å². The molecule has 0 saturated carbocycles. The van der Waals surface area contributed by atoms with Crippen molar-refractivity contribution in [3.05, 3.63) is 12.7 Å². The number of allylic oxidation sites excluding steroid dienone is 1. The van der Waals surface area contributed by atoms with Crippen molar-refractivity contribution in [3.8, 4) is 0 Å². The first kappa shape index (κ1) is 9.30. The number of hydrogen-bond acceptors (Lipinski definition) is 2. The van der Waals surface area contributed by atoms with Crippen molar-refractivity contribution in [2.45, 2.75) is 6.92 Å². The van der Waals surface area contributed by atoms with Crippen LogP contribution in [0.15, 0.2) is 12.7 Å². The second kappa shape index (κ2) is 20.8. The lowest BCUT2D eigenvalue weighted by Gasteiger charge is -1.52. The van der Waals surface area contributed by atoms with Gasteiger partial charge in [0.2, 0.25) is 0 Å². The van der Waals surface area contributed by atoms with Gasteiger partial charge in [-0.3, -0.25) is 0 Å². The van der Waals surface area contributed by atoms with E-state index in [1.54, 1.807) is 6.08 Å². The summed E-state index contributed by atoms with van der Waals surface area (Å²) in [5.41, 5.74) is 0. The quantitative estimate of drug-likeness (QED) is 0.312. The van der Waals surface area contributed by atoms with Crippen molar-refractivity contribution in [1.29, 1.82) is 0 Å². The lowest BCUT2D eigenvalue weighted by Crippen LogP contribution is -1.75. The van der Waals surface area contributed by atoms with Crippen LogP contribution in [0.1, 0.15) is 6.92 Å². The average molecular weight is 106 g/mol. The van der Waals surface area contributed by atoms with Gasteiger partial charge in [0, 0.05) is 0 Å². The molecule has 0 aromatic rings. The third kappa shape index (κ3) is 2120. The molecule has 3 heteroatoms. The molecule has 0 rings (SSSR count). The summed E-state index contributed by atoms with van der Waals surface area (Å²) in [6.07, 6.45) is 1.75. The number of rotatable bonds is 0. The second-order valence-electron chi connectivity index (χ2n) is 0.550. The lowest BCUT2D eigenvalue weighted by molar-refractivity contribution is 0.448. The topological polar surface area (TPSA) is 40.5 Å². The van der Waals surface area contributed by atoms with E-state index in [1.165, 1.54) is 0 Å². The first-order valence-corrected chi connectivity index (χ1v) is 2.88. The minimum absolute atomic E-state index is 1.58. The molecule has 0 heterocycles.